The first-order valence-electron chi connectivity index (χ1n) is 7.06. The van der Waals surface area contributed by atoms with Crippen LogP contribution in [0.3, 0.4) is 0 Å². The predicted molar refractivity (Wildman–Crippen MR) is 104 cm³/mol. The van der Waals surface area contributed by atoms with Crippen molar-refractivity contribution in [2.24, 2.45) is 32.9 Å². The van der Waals surface area contributed by atoms with E-state index in [1.807, 2.05) is 18.2 Å². The third-order valence-electron chi connectivity index (χ3n) is 2.99. The van der Waals surface area contributed by atoms with E-state index < -0.39 is 0 Å². The first-order valence-corrected chi connectivity index (χ1v) is 7.85. The Balaban J connectivity index is 3.20. The number of guanidine groups is 2. The molecule has 0 aromatic heterocycles. The largest absolute Gasteiger partial charge is 0.370 e. The molecule has 1 aromatic carbocycles. The predicted octanol–water partition coefficient (Wildman–Crippen LogP) is 1.17. The average molecular weight is 389 g/mol. The molecule has 0 fully saturated rings. The van der Waals surface area contributed by atoms with Crippen molar-refractivity contribution in [3.63, 3.8) is 0 Å². The van der Waals surface area contributed by atoms with E-state index in [1.165, 1.54) is 0 Å². The molecule has 7 heteroatoms. The molecule has 0 saturated heterocycles. The lowest BCUT2D eigenvalue weighted by molar-refractivity contribution is 0.708. The normalized spacial score (nSPS) is 9.58. The molecule has 6 nitrogen and oxygen atoms in total. The second-order valence-electron chi connectivity index (χ2n) is 4.98. The van der Waals surface area contributed by atoms with Gasteiger partial charge in [0, 0.05) is 21.5 Å². The van der Waals surface area contributed by atoms with Gasteiger partial charge in [-0.2, -0.15) is 0 Å². The molecule has 0 saturated carbocycles. The zero-order valence-corrected chi connectivity index (χ0v) is 14.9. The van der Waals surface area contributed by atoms with Crippen molar-refractivity contribution in [1.82, 2.24) is 0 Å². The van der Waals surface area contributed by atoms with Crippen LogP contribution in [0.15, 0.2) is 57.5 Å². The zero-order chi connectivity index (χ0) is 18.1. The summed E-state index contributed by atoms with van der Waals surface area (Å²) >= 11 is 3.48. The Morgan fingerprint density at radius 3 is 2.21 bits per heavy atom. The van der Waals surface area contributed by atoms with Gasteiger partial charge in [-0.25, -0.2) is 0 Å². The standard InChI is InChI=1S/C17H21BrN6/c1-3-11(2)4-5-12-6-13(8-15(18)7-12)14(9-23-16(19)20)10-24-17(21)22/h3,6-8,14H,1-2,9-10H2,(H4,19,20,23)(H4,21,22,24). The summed E-state index contributed by atoms with van der Waals surface area (Å²) in [5.74, 6) is 5.91. The number of halogens is 1. The fraction of sp³-hybridized carbons (Fsp3) is 0.176. The fourth-order valence-corrected chi connectivity index (χ4v) is 2.33. The van der Waals surface area contributed by atoms with Crippen molar-refractivity contribution in [3.05, 3.63) is 58.6 Å². The summed E-state index contributed by atoms with van der Waals surface area (Å²) < 4.78 is 0.882. The van der Waals surface area contributed by atoms with Gasteiger partial charge in [-0.3, -0.25) is 9.98 Å². The van der Waals surface area contributed by atoms with Crippen molar-refractivity contribution < 1.29 is 0 Å². The van der Waals surface area contributed by atoms with Gasteiger partial charge < -0.3 is 22.9 Å². The molecule has 0 aliphatic heterocycles. The SMILES string of the molecule is C=CC(=C)C#Cc1cc(Br)cc(C(CN=C(N)N)CN=C(N)N)c1. The van der Waals surface area contributed by atoms with E-state index in [1.54, 1.807) is 6.08 Å². The molecular weight excluding hydrogens is 368 g/mol. The highest BCUT2D eigenvalue weighted by atomic mass is 79.9. The molecule has 0 bridgehead atoms. The first-order chi connectivity index (χ1) is 11.3. The highest BCUT2D eigenvalue weighted by Gasteiger charge is 2.13. The van der Waals surface area contributed by atoms with Crippen molar-refractivity contribution in [3.8, 4) is 11.8 Å². The lowest BCUT2D eigenvalue weighted by Gasteiger charge is -2.14. The number of rotatable bonds is 6. The van der Waals surface area contributed by atoms with Crippen molar-refractivity contribution >= 4 is 27.8 Å². The van der Waals surface area contributed by atoms with Crippen LogP contribution in [0.2, 0.25) is 0 Å². The molecule has 1 aromatic rings. The second kappa shape index (κ2) is 9.43. The van der Waals surface area contributed by atoms with E-state index in [-0.39, 0.29) is 17.8 Å². The maximum atomic E-state index is 5.42. The van der Waals surface area contributed by atoms with Gasteiger partial charge in [0.15, 0.2) is 11.9 Å². The Morgan fingerprint density at radius 2 is 1.71 bits per heavy atom. The lowest BCUT2D eigenvalue weighted by atomic mass is 9.97. The number of nitrogens with two attached hydrogens (primary N) is 4. The number of benzene rings is 1. The number of hydrogen-bond donors (Lipinski definition) is 4. The van der Waals surface area contributed by atoms with E-state index >= 15 is 0 Å². The average Bonchev–Trinajstić information content (AvgIpc) is 2.51. The summed E-state index contributed by atoms with van der Waals surface area (Å²) in [6.07, 6.45) is 1.60. The Labute approximate surface area is 150 Å². The van der Waals surface area contributed by atoms with Crippen LogP contribution >= 0.6 is 15.9 Å². The summed E-state index contributed by atoms with van der Waals surface area (Å²) in [7, 11) is 0. The number of nitrogens with zero attached hydrogens (tertiary/aromatic N) is 2. The summed E-state index contributed by atoms with van der Waals surface area (Å²) in [5.41, 5.74) is 24.1. The molecule has 0 atom stereocenters. The van der Waals surface area contributed by atoms with E-state index in [0.29, 0.717) is 18.7 Å². The molecule has 0 unspecified atom stereocenters. The zero-order valence-electron chi connectivity index (χ0n) is 13.3. The minimum absolute atomic E-state index is 0.0157. The van der Waals surface area contributed by atoms with Crippen molar-refractivity contribution in [2.45, 2.75) is 5.92 Å². The quantitative estimate of drug-likeness (QED) is 0.252. The Morgan fingerprint density at radius 1 is 1.12 bits per heavy atom. The van der Waals surface area contributed by atoms with Crippen molar-refractivity contribution in [1.29, 1.82) is 0 Å². The van der Waals surface area contributed by atoms with Crippen LogP contribution in [0.1, 0.15) is 17.0 Å². The summed E-state index contributed by atoms with van der Waals surface area (Å²) in [6, 6.07) is 5.82. The Bertz CT molecular complexity index is 711. The van der Waals surface area contributed by atoms with Crippen LogP contribution in [0.4, 0.5) is 0 Å². The maximum absolute atomic E-state index is 5.42. The van der Waals surface area contributed by atoms with Gasteiger partial charge in [0.1, 0.15) is 0 Å². The van der Waals surface area contributed by atoms with E-state index in [0.717, 1.165) is 15.6 Å². The minimum Gasteiger partial charge on any atom is -0.370 e. The molecule has 0 radical (unpaired) electrons. The number of aliphatic imine (C=N–C) groups is 2. The van der Waals surface area contributed by atoms with Gasteiger partial charge in [-0.1, -0.05) is 47.0 Å². The van der Waals surface area contributed by atoms with Gasteiger partial charge >= 0.3 is 0 Å². The molecule has 1 rings (SSSR count). The summed E-state index contributed by atoms with van der Waals surface area (Å²) in [6.45, 7) is 8.13. The maximum Gasteiger partial charge on any atom is 0.185 e. The van der Waals surface area contributed by atoms with Crippen LogP contribution < -0.4 is 22.9 Å². The van der Waals surface area contributed by atoms with Gasteiger partial charge in [0.25, 0.3) is 0 Å². The molecule has 24 heavy (non-hydrogen) atoms. The number of allylic oxidation sites excluding steroid dienone is 2. The van der Waals surface area contributed by atoms with Crippen LogP contribution in [-0.4, -0.2) is 25.0 Å². The molecule has 8 N–H and O–H groups in total. The van der Waals surface area contributed by atoms with E-state index in [9.17, 15) is 0 Å². The molecule has 126 valence electrons. The molecular formula is C17H21BrN6. The molecule has 0 spiro atoms. The summed E-state index contributed by atoms with van der Waals surface area (Å²) in [5, 5.41) is 0. The fourth-order valence-electron chi connectivity index (χ4n) is 1.82. The Hall–Kier alpha value is -2.72. The monoisotopic (exact) mass is 388 g/mol. The topological polar surface area (TPSA) is 129 Å². The van der Waals surface area contributed by atoms with Crippen LogP contribution in [0, 0.1) is 11.8 Å². The Kier molecular flexibility index (Phi) is 7.59. The highest BCUT2D eigenvalue weighted by molar-refractivity contribution is 9.10. The summed E-state index contributed by atoms with van der Waals surface area (Å²) in [4.78, 5) is 8.14. The molecule has 0 aliphatic rings. The second-order valence-corrected chi connectivity index (χ2v) is 5.90. The first kappa shape index (κ1) is 19.3. The van der Waals surface area contributed by atoms with Crippen molar-refractivity contribution in [2.75, 3.05) is 13.1 Å². The van der Waals surface area contributed by atoms with E-state index in [2.05, 4.69) is 50.9 Å². The smallest absolute Gasteiger partial charge is 0.185 e. The van der Waals surface area contributed by atoms with Gasteiger partial charge in [0.2, 0.25) is 0 Å². The van der Waals surface area contributed by atoms with Gasteiger partial charge in [0.05, 0.1) is 13.1 Å². The van der Waals surface area contributed by atoms with Crippen LogP contribution in [0.25, 0.3) is 0 Å². The third kappa shape index (κ3) is 7.03. The lowest BCUT2D eigenvalue weighted by Crippen LogP contribution is -2.26. The highest BCUT2D eigenvalue weighted by Crippen LogP contribution is 2.23. The van der Waals surface area contributed by atoms with Crippen LogP contribution in [0.5, 0.6) is 0 Å². The molecule has 0 amide bonds. The van der Waals surface area contributed by atoms with Gasteiger partial charge in [-0.05, 0) is 23.8 Å². The van der Waals surface area contributed by atoms with Crippen LogP contribution in [-0.2, 0) is 0 Å². The number of hydrogen-bond acceptors (Lipinski definition) is 2. The molecule has 0 heterocycles. The van der Waals surface area contributed by atoms with E-state index in [4.69, 9.17) is 22.9 Å². The third-order valence-corrected chi connectivity index (χ3v) is 3.45. The minimum atomic E-state index is -0.0881. The van der Waals surface area contributed by atoms with Gasteiger partial charge in [-0.15, -0.1) is 0 Å². The molecule has 0 aliphatic carbocycles.